The molecular weight excluding hydrogens is 302 g/mol. The lowest BCUT2D eigenvalue weighted by Crippen LogP contribution is -2.15. The van der Waals surface area contributed by atoms with Gasteiger partial charge < -0.3 is 0 Å². The van der Waals surface area contributed by atoms with Crippen LogP contribution in [0.2, 0.25) is 0 Å². The standard InChI is InChI=1S/C22H34F2/c1-3-5-6-7-8-10-17-11-13-18(14-12-17)20-16-15-19(9-4-2)21(23)22(20)24/h15-18H,3-14H2,1-2H3/t17-,18-. The van der Waals surface area contributed by atoms with Crippen LogP contribution >= 0.6 is 0 Å². The fourth-order valence-electron chi connectivity index (χ4n) is 4.18. The number of benzene rings is 1. The molecule has 0 N–H and O–H groups in total. The van der Waals surface area contributed by atoms with Crippen LogP contribution in [0.5, 0.6) is 0 Å². The zero-order chi connectivity index (χ0) is 17.4. The van der Waals surface area contributed by atoms with Gasteiger partial charge in [0.15, 0.2) is 11.6 Å². The monoisotopic (exact) mass is 336 g/mol. The highest BCUT2D eigenvalue weighted by Gasteiger charge is 2.25. The maximum Gasteiger partial charge on any atom is 0.162 e. The van der Waals surface area contributed by atoms with Crippen LogP contribution in [-0.2, 0) is 6.42 Å². The highest BCUT2D eigenvalue weighted by molar-refractivity contribution is 5.29. The summed E-state index contributed by atoms with van der Waals surface area (Å²) in [5.41, 5.74) is 1.15. The van der Waals surface area contributed by atoms with Crippen molar-refractivity contribution in [2.45, 2.75) is 96.8 Å². The molecule has 0 unspecified atom stereocenters. The lowest BCUT2D eigenvalue weighted by molar-refractivity contribution is 0.297. The van der Waals surface area contributed by atoms with E-state index in [1.165, 1.54) is 51.4 Å². The van der Waals surface area contributed by atoms with E-state index in [0.29, 0.717) is 17.5 Å². The van der Waals surface area contributed by atoms with Gasteiger partial charge in [0.2, 0.25) is 0 Å². The second-order valence-corrected chi connectivity index (χ2v) is 7.61. The minimum Gasteiger partial charge on any atom is -0.203 e. The van der Waals surface area contributed by atoms with Crippen molar-refractivity contribution in [2.75, 3.05) is 0 Å². The predicted octanol–water partition coefficient (Wildman–Crippen LogP) is 7.55. The van der Waals surface area contributed by atoms with E-state index in [1.54, 1.807) is 6.07 Å². The van der Waals surface area contributed by atoms with Gasteiger partial charge in [0.05, 0.1) is 0 Å². The zero-order valence-electron chi connectivity index (χ0n) is 15.6. The van der Waals surface area contributed by atoms with E-state index in [1.807, 2.05) is 13.0 Å². The first-order valence-electron chi connectivity index (χ1n) is 10.1. The van der Waals surface area contributed by atoms with Gasteiger partial charge in [-0.1, -0.05) is 70.9 Å². The van der Waals surface area contributed by atoms with Gasteiger partial charge >= 0.3 is 0 Å². The molecule has 0 amide bonds. The molecule has 0 aromatic heterocycles. The molecule has 0 heterocycles. The second-order valence-electron chi connectivity index (χ2n) is 7.61. The van der Waals surface area contributed by atoms with Crippen molar-refractivity contribution in [2.24, 2.45) is 5.92 Å². The Kier molecular flexibility index (Phi) is 8.21. The molecule has 0 saturated heterocycles. The lowest BCUT2D eigenvalue weighted by atomic mass is 9.76. The first kappa shape index (κ1) is 19.4. The maximum absolute atomic E-state index is 14.4. The minimum atomic E-state index is -0.604. The topological polar surface area (TPSA) is 0 Å². The second kappa shape index (κ2) is 10.2. The largest absolute Gasteiger partial charge is 0.203 e. The number of unbranched alkanes of at least 4 members (excludes halogenated alkanes) is 4. The van der Waals surface area contributed by atoms with Gasteiger partial charge in [-0.3, -0.25) is 0 Å². The Balaban J connectivity index is 1.83. The van der Waals surface area contributed by atoms with Gasteiger partial charge in [-0.05, 0) is 55.1 Å². The smallest absolute Gasteiger partial charge is 0.162 e. The van der Waals surface area contributed by atoms with Crippen LogP contribution in [0.25, 0.3) is 0 Å². The number of rotatable bonds is 9. The molecule has 136 valence electrons. The Bertz CT molecular complexity index is 487. The minimum absolute atomic E-state index is 0.214. The van der Waals surface area contributed by atoms with E-state index in [4.69, 9.17) is 0 Å². The molecule has 1 aromatic rings. The van der Waals surface area contributed by atoms with Crippen LogP contribution in [0.1, 0.15) is 102 Å². The van der Waals surface area contributed by atoms with Crippen molar-refractivity contribution in [3.8, 4) is 0 Å². The Hall–Kier alpha value is -0.920. The molecule has 2 rings (SSSR count). The Morgan fingerprint density at radius 1 is 0.833 bits per heavy atom. The van der Waals surface area contributed by atoms with Gasteiger partial charge in [-0.2, -0.15) is 0 Å². The van der Waals surface area contributed by atoms with Gasteiger partial charge in [0.1, 0.15) is 0 Å². The quantitative estimate of drug-likeness (QED) is 0.408. The van der Waals surface area contributed by atoms with Crippen LogP contribution in [0, 0.1) is 17.6 Å². The molecule has 1 fully saturated rings. The van der Waals surface area contributed by atoms with Crippen molar-refractivity contribution >= 4 is 0 Å². The summed E-state index contributed by atoms with van der Waals surface area (Å²) in [5.74, 6) is -0.168. The lowest BCUT2D eigenvalue weighted by Gasteiger charge is -2.29. The predicted molar refractivity (Wildman–Crippen MR) is 98.4 cm³/mol. The molecule has 24 heavy (non-hydrogen) atoms. The highest BCUT2D eigenvalue weighted by atomic mass is 19.2. The van der Waals surface area contributed by atoms with Gasteiger partial charge in [-0.25, -0.2) is 8.78 Å². The third kappa shape index (κ3) is 5.29. The fraction of sp³-hybridized carbons (Fsp3) is 0.727. The van der Waals surface area contributed by atoms with Crippen LogP contribution in [0.3, 0.4) is 0 Å². The summed E-state index contributed by atoms with van der Waals surface area (Å²) < 4.78 is 28.6. The number of aryl methyl sites for hydroxylation is 1. The molecule has 1 saturated carbocycles. The molecule has 1 aliphatic carbocycles. The molecule has 1 aliphatic rings. The van der Waals surface area contributed by atoms with Crippen molar-refractivity contribution in [3.63, 3.8) is 0 Å². The fourth-order valence-corrected chi connectivity index (χ4v) is 4.18. The molecule has 0 aliphatic heterocycles. The van der Waals surface area contributed by atoms with Crippen molar-refractivity contribution in [3.05, 3.63) is 34.9 Å². The van der Waals surface area contributed by atoms with Gasteiger partial charge in [-0.15, -0.1) is 0 Å². The van der Waals surface area contributed by atoms with Gasteiger partial charge in [0.25, 0.3) is 0 Å². The number of halogens is 2. The number of hydrogen-bond donors (Lipinski definition) is 0. The van der Waals surface area contributed by atoms with Crippen LogP contribution in [0.15, 0.2) is 12.1 Å². The first-order valence-corrected chi connectivity index (χ1v) is 10.1. The van der Waals surface area contributed by atoms with Crippen LogP contribution in [0.4, 0.5) is 8.78 Å². The first-order chi connectivity index (χ1) is 11.7. The molecule has 0 radical (unpaired) electrons. The Labute approximate surface area is 147 Å². The molecule has 0 spiro atoms. The normalized spacial score (nSPS) is 21.2. The average Bonchev–Trinajstić information content (AvgIpc) is 2.60. The summed E-state index contributed by atoms with van der Waals surface area (Å²) in [7, 11) is 0. The average molecular weight is 337 g/mol. The van der Waals surface area contributed by atoms with E-state index in [2.05, 4.69) is 6.92 Å². The zero-order valence-corrected chi connectivity index (χ0v) is 15.6. The third-order valence-corrected chi connectivity index (χ3v) is 5.71. The van der Waals surface area contributed by atoms with Crippen LogP contribution < -0.4 is 0 Å². The van der Waals surface area contributed by atoms with Crippen LogP contribution in [-0.4, -0.2) is 0 Å². The maximum atomic E-state index is 14.4. The molecule has 1 aromatic carbocycles. The van der Waals surface area contributed by atoms with E-state index >= 15 is 0 Å². The van der Waals surface area contributed by atoms with Crippen molar-refractivity contribution < 1.29 is 8.78 Å². The van der Waals surface area contributed by atoms with E-state index in [0.717, 1.165) is 25.2 Å². The molecule has 0 bridgehead atoms. The highest BCUT2D eigenvalue weighted by Crippen LogP contribution is 2.39. The number of hydrogen-bond acceptors (Lipinski definition) is 0. The summed E-state index contributed by atoms with van der Waals surface area (Å²) >= 11 is 0. The summed E-state index contributed by atoms with van der Waals surface area (Å²) in [4.78, 5) is 0. The van der Waals surface area contributed by atoms with E-state index < -0.39 is 11.6 Å². The molecule has 2 heteroatoms. The Morgan fingerprint density at radius 3 is 2.21 bits per heavy atom. The van der Waals surface area contributed by atoms with Gasteiger partial charge in [0, 0.05) is 0 Å². The SMILES string of the molecule is CCCCCCC[C@H]1CC[C@H](c2ccc(CCC)c(F)c2F)CC1. The molecular formula is C22H34F2. The third-order valence-electron chi connectivity index (χ3n) is 5.71. The van der Waals surface area contributed by atoms with E-state index in [-0.39, 0.29) is 5.92 Å². The van der Waals surface area contributed by atoms with E-state index in [9.17, 15) is 8.78 Å². The summed E-state index contributed by atoms with van der Waals surface area (Å²) in [5, 5.41) is 0. The summed E-state index contributed by atoms with van der Waals surface area (Å²) in [6.45, 7) is 4.24. The summed E-state index contributed by atoms with van der Waals surface area (Å²) in [6.07, 6.45) is 13.9. The van der Waals surface area contributed by atoms with Crippen molar-refractivity contribution in [1.82, 2.24) is 0 Å². The summed E-state index contributed by atoms with van der Waals surface area (Å²) in [6, 6.07) is 3.65. The molecule has 0 atom stereocenters. The molecule has 0 nitrogen and oxygen atoms in total. The Morgan fingerprint density at radius 2 is 1.54 bits per heavy atom. The van der Waals surface area contributed by atoms with Crippen molar-refractivity contribution in [1.29, 1.82) is 0 Å².